The van der Waals surface area contributed by atoms with Crippen molar-refractivity contribution in [3.63, 3.8) is 0 Å². The van der Waals surface area contributed by atoms with E-state index in [0.717, 1.165) is 18.7 Å². The largest absolute Gasteiger partial charge is 0.478 e. The molecule has 44 valence electrons. The van der Waals surface area contributed by atoms with Gasteiger partial charge >= 0.3 is 5.97 Å². The van der Waals surface area contributed by atoms with Crippen LogP contribution in [0, 0.1) is 0 Å². The third-order valence-electron chi connectivity index (χ3n) is 1.03. The Bertz CT molecular complexity index is 133. The average Bonchev–Trinajstić information content (AvgIpc) is 1.55. The summed E-state index contributed by atoms with van der Waals surface area (Å²) >= 11 is 0. The Morgan fingerprint density at radius 2 is 2.38 bits per heavy atom. The Morgan fingerprint density at radius 3 is 2.50 bits per heavy atom. The number of rotatable bonds is 1. The van der Waals surface area contributed by atoms with Crippen molar-refractivity contribution in [2.75, 3.05) is 13.1 Å². The first-order chi connectivity index (χ1) is 3.79. The van der Waals surface area contributed by atoms with Gasteiger partial charge < -0.3 is 10.4 Å². The van der Waals surface area contributed by atoms with Gasteiger partial charge in [0.15, 0.2) is 0 Å². The van der Waals surface area contributed by atoms with Crippen LogP contribution in [0.3, 0.4) is 0 Å². The van der Waals surface area contributed by atoms with Crippen LogP contribution in [0.25, 0.3) is 0 Å². The molecule has 1 aliphatic heterocycles. The first-order valence-corrected chi connectivity index (χ1v) is 2.42. The van der Waals surface area contributed by atoms with Gasteiger partial charge in [-0.25, -0.2) is 4.79 Å². The summed E-state index contributed by atoms with van der Waals surface area (Å²) < 4.78 is 0. The van der Waals surface area contributed by atoms with Crippen LogP contribution in [0.4, 0.5) is 0 Å². The van der Waals surface area contributed by atoms with Gasteiger partial charge in [-0.1, -0.05) is 0 Å². The minimum atomic E-state index is -0.846. The Hall–Kier alpha value is -0.830. The number of carbonyl (C=O) groups is 1. The summed E-state index contributed by atoms with van der Waals surface area (Å²) in [6.07, 6.45) is 1.25. The molecule has 0 aliphatic carbocycles. The lowest BCUT2D eigenvalue weighted by Crippen LogP contribution is -2.34. The summed E-state index contributed by atoms with van der Waals surface area (Å²) in [5.41, 5.74) is 0.970. The van der Waals surface area contributed by atoms with E-state index in [2.05, 4.69) is 5.32 Å². The standard InChI is InChI=1S/C5H7NO2/c7-5(8)1-4-2-6-3-4/h1,6H,2-3H2,(H,7,8). The molecule has 0 aromatic carbocycles. The quantitative estimate of drug-likeness (QED) is 0.455. The van der Waals surface area contributed by atoms with Crippen molar-refractivity contribution in [1.82, 2.24) is 5.32 Å². The second kappa shape index (κ2) is 1.96. The fraction of sp³-hybridized carbons (Fsp3) is 0.400. The van der Waals surface area contributed by atoms with E-state index >= 15 is 0 Å². The van der Waals surface area contributed by atoms with E-state index in [0.29, 0.717) is 0 Å². The lowest BCUT2D eigenvalue weighted by molar-refractivity contribution is -0.131. The molecule has 0 unspecified atom stereocenters. The highest BCUT2D eigenvalue weighted by molar-refractivity contribution is 5.81. The lowest BCUT2D eigenvalue weighted by atomic mass is 10.1. The average molecular weight is 113 g/mol. The van der Waals surface area contributed by atoms with Crippen molar-refractivity contribution in [2.24, 2.45) is 0 Å². The summed E-state index contributed by atoms with van der Waals surface area (Å²) in [4.78, 5) is 9.90. The highest BCUT2D eigenvalue weighted by atomic mass is 16.4. The van der Waals surface area contributed by atoms with E-state index in [-0.39, 0.29) is 0 Å². The molecule has 1 heterocycles. The molecule has 0 saturated carbocycles. The molecule has 0 radical (unpaired) electrons. The number of carboxylic acid groups (broad SMARTS) is 1. The number of nitrogens with one attached hydrogen (secondary N) is 1. The van der Waals surface area contributed by atoms with Crippen molar-refractivity contribution in [3.05, 3.63) is 11.6 Å². The summed E-state index contributed by atoms with van der Waals surface area (Å²) in [5.74, 6) is -0.846. The van der Waals surface area contributed by atoms with E-state index in [1.807, 2.05) is 0 Å². The monoisotopic (exact) mass is 113 g/mol. The highest BCUT2D eigenvalue weighted by Crippen LogP contribution is 1.98. The van der Waals surface area contributed by atoms with E-state index in [1.54, 1.807) is 0 Å². The zero-order chi connectivity index (χ0) is 5.98. The highest BCUT2D eigenvalue weighted by Gasteiger charge is 2.07. The predicted octanol–water partition coefficient (Wildman–Crippen LogP) is -0.399. The van der Waals surface area contributed by atoms with Crippen molar-refractivity contribution < 1.29 is 9.90 Å². The molecule has 8 heavy (non-hydrogen) atoms. The third-order valence-corrected chi connectivity index (χ3v) is 1.03. The summed E-state index contributed by atoms with van der Waals surface area (Å²) in [6, 6.07) is 0. The minimum Gasteiger partial charge on any atom is -0.478 e. The molecular formula is C5H7NO2. The lowest BCUT2D eigenvalue weighted by Gasteiger charge is -2.16. The zero-order valence-corrected chi connectivity index (χ0v) is 4.35. The molecule has 1 saturated heterocycles. The molecule has 0 atom stereocenters. The fourth-order valence-corrected chi connectivity index (χ4v) is 0.546. The molecule has 0 amide bonds. The molecule has 3 heteroatoms. The maximum Gasteiger partial charge on any atom is 0.328 e. The molecular weight excluding hydrogens is 106 g/mol. The van der Waals surface area contributed by atoms with Gasteiger partial charge in [-0.2, -0.15) is 0 Å². The van der Waals surface area contributed by atoms with Crippen molar-refractivity contribution in [3.8, 4) is 0 Å². The SMILES string of the molecule is O=C(O)C=C1CNC1. The van der Waals surface area contributed by atoms with Gasteiger partial charge in [0, 0.05) is 19.2 Å². The van der Waals surface area contributed by atoms with Gasteiger partial charge in [0.2, 0.25) is 0 Å². The maximum atomic E-state index is 9.90. The van der Waals surface area contributed by atoms with Crippen LogP contribution in [-0.2, 0) is 4.79 Å². The van der Waals surface area contributed by atoms with Gasteiger partial charge in [-0.05, 0) is 5.57 Å². The van der Waals surface area contributed by atoms with Gasteiger partial charge in [-0.15, -0.1) is 0 Å². The van der Waals surface area contributed by atoms with Crippen molar-refractivity contribution in [1.29, 1.82) is 0 Å². The van der Waals surface area contributed by atoms with Crippen molar-refractivity contribution >= 4 is 5.97 Å². The smallest absolute Gasteiger partial charge is 0.328 e. The van der Waals surface area contributed by atoms with Crippen LogP contribution in [0.15, 0.2) is 11.6 Å². The van der Waals surface area contributed by atoms with E-state index in [4.69, 9.17) is 5.11 Å². The van der Waals surface area contributed by atoms with Gasteiger partial charge in [0.05, 0.1) is 0 Å². The summed E-state index contributed by atoms with van der Waals surface area (Å²) in [6.45, 7) is 1.48. The Kier molecular flexibility index (Phi) is 1.30. The van der Waals surface area contributed by atoms with E-state index in [1.165, 1.54) is 6.08 Å². The Morgan fingerprint density at radius 1 is 1.75 bits per heavy atom. The molecule has 0 bridgehead atoms. The zero-order valence-electron chi connectivity index (χ0n) is 4.35. The second-order valence-corrected chi connectivity index (χ2v) is 1.74. The third kappa shape index (κ3) is 1.07. The topological polar surface area (TPSA) is 49.3 Å². The Labute approximate surface area is 47.0 Å². The molecule has 1 fully saturated rings. The van der Waals surface area contributed by atoms with Crippen LogP contribution >= 0.6 is 0 Å². The number of carboxylic acids is 1. The van der Waals surface area contributed by atoms with Crippen LogP contribution < -0.4 is 5.32 Å². The van der Waals surface area contributed by atoms with Gasteiger partial charge in [0.1, 0.15) is 0 Å². The van der Waals surface area contributed by atoms with Crippen molar-refractivity contribution in [2.45, 2.75) is 0 Å². The molecule has 1 rings (SSSR count). The molecule has 2 N–H and O–H groups in total. The first kappa shape index (κ1) is 5.31. The number of aliphatic carboxylic acids is 1. The number of hydrogen-bond acceptors (Lipinski definition) is 2. The van der Waals surface area contributed by atoms with Crippen LogP contribution in [0.5, 0.6) is 0 Å². The Balaban J connectivity index is 2.42. The maximum absolute atomic E-state index is 9.90. The normalized spacial score (nSPS) is 17.2. The summed E-state index contributed by atoms with van der Waals surface area (Å²) in [7, 11) is 0. The summed E-state index contributed by atoms with van der Waals surface area (Å²) in [5, 5.41) is 11.1. The van der Waals surface area contributed by atoms with E-state index < -0.39 is 5.97 Å². The molecule has 0 aromatic heterocycles. The first-order valence-electron chi connectivity index (χ1n) is 2.42. The fourth-order valence-electron chi connectivity index (χ4n) is 0.546. The molecule has 0 spiro atoms. The van der Waals surface area contributed by atoms with Crippen LogP contribution in [0.2, 0.25) is 0 Å². The predicted molar refractivity (Wildman–Crippen MR) is 28.6 cm³/mol. The molecule has 1 aliphatic rings. The van der Waals surface area contributed by atoms with Crippen LogP contribution in [0.1, 0.15) is 0 Å². The molecule has 3 nitrogen and oxygen atoms in total. The van der Waals surface area contributed by atoms with E-state index in [9.17, 15) is 4.79 Å². The van der Waals surface area contributed by atoms with Crippen LogP contribution in [-0.4, -0.2) is 24.2 Å². The van der Waals surface area contributed by atoms with Gasteiger partial charge in [-0.3, -0.25) is 0 Å². The van der Waals surface area contributed by atoms with Gasteiger partial charge in [0.25, 0.3) is 0 Å². The number of hydrogen-bond donors (Lipinski definition) is 2. The minimum absolute atomic E-state index is 0.742. The molecule has 0 aromatic rings. The second-order valence-electron chi connectivity index (χ2n) is 1.74.